The fourth-order valence-electron chi connectivity index (χ4n) is 2.18. The lowest BCUT2D eigenvalue weighted by Gasteiger charge is -2.25. The number of para-hydroxylation sites is 3. The summed E-state index contributed by atoms with van der Waals surface area (Å²) >= 11 is 4.24. The summed E-state index contributed by atoms with van der Waals surface area (Å²) in [5.74, 6) is 4.66. The summed E-state index contributed by atoms with van der Waals surface area (Å²) in [6.45, 7) is 0. The molecule has 5 N–H and O–H groups in total. The van der Waals surface area contributed by atoms with Crippen LogP contribution in [-0.4, -0.2) is 5.11 Å². The Kier molecular flexibility index (Phi) is 6.76. The highest BCUT2D eigenvalue weighted by Crippen LogP contribution is 2.33. The molecule has 3 aromatic rings. The summed E-state index contributed by atoms with van der Waals surface area (Å²) in [4.78, 5) is 2.25. The molecule has 3 aromatic carbocycles. The molecule has 0 saturated carbocycles. The van der Waals surface area contributed by atoms with Gasteiger partial charge in [-0.05, 0) is 48.6 Å². The van der Waals surface area contributed by atoms with Gasteiger partial charge in [-0.2, -0.15) is 0 Å². The van der Waals surface area contributed by atoms with Crippen LogP contribution in [0.25, 0.3) is 0 Å². The van der Waals surface area contributed by atoms with E-state index in [4.69, 9.17) is 5.73 Å². The smallest absolute Gasteiger partial charge is 0.177 e. The second-order valence-electron chi connectivity index (χ2n) is 4.85. The maximum atomic E-state index is 4.79. The van der Waals surface area contributed by atoms with Crippen molar-refractivity contribution < 1.29 is 0 Å². The monoisotopic (exact) mass is 336 g/mol. The SMILES string of the molecule is NNC(N)=S.c1ccc(N(c2ccccc2)c2ccccc2)cc1. The quantitative estimate of drug-likeness (QED) is 0.385. The average Bonchev–Trinajstić information content (AvgIpc) is 2.65. The molecule has 5 heteroatoms. The van der Waals surface area contributed by atoms with Gasteiger partial charge in [0, 0.05) is 17.1 Å². The normalized spacial score (nSPS) is 9.38. The molecule has 122 valence electrons. The molecule has 0 saturated heterocycles. The Morgan fingerprint density at radius 2 is 0.917 bits per heavy atom. The van der Waals surface area contributed by atoms with Gasteiger partial charge in [0.05, 0.1) is 0 Å². The van der Waals surface area contributed by atoms with Gasteiger partial charge in [-0.25, -0.2) is 5.84 Å². The molecular weight excluding hydrogens is 316 g/mol. The Bertz CT molecular complexity index is 639. The summed E-state index contributed by atoms with van der Waals surface area (Å²) in [6.07, 6.45) is 0. The minimum absolute atomic E-state index is 0.116. The third kappa shape index (κ3) is 5.08. The van der Waals surface area contributed by atoms with E-state index in [9.17, 15) is 0 Å². The van der Waals surface area contributed by atoms with Crippen LogP contribution in [0.1, 0.15) is 0 Å². The Hall–Kier alpha value is -2.89. The van der Waals surface area contributed by atoms with Crippen molar-refractivity contribution in [2.45, 2.75) is 0 Å². The Labute approximate surface area is 147 Å². The van der Waals surface area contributed by atoms with E-state index >= 15 is 0 Å². The van der Waals surface area contributed by atoms with Crippen LogP contribution in [0.4, 0.5) is 17.1 Å². The number of anilines is 3. The van der Waals surface area contributed by atoms with Crippen LogP contribution in [0.5, 0.6) is 0 Å². The van der Waals surface area contributed by atoms with Crippen molar-refractivity contribution in [2.75, 3.05) is 4.90 Å². The van der Waals surface area contributed by atoms with Crippen LogP contribution in [0.2, 0.25) is 0 Å². The van der Waals surface area contributed by atoms with Crippen LogP contribution >= 0.6 is 12.2 Å². The van der Waals surface area contributed by atoms with E-state index in [1.165, 1.54) is 17.1 Å². The third-order valence-electron chi connectivity index (χ3n) is 3.19. The van der Waals surface area contributed by atoms with Crippen molar-refractivity contribution >= 4 is 34.4 Å². The molecule has 0 unspecified atom stereocenters. The van der Waals surface area contributed by atoms with Crippen molar-refractivity contribution in [3.63, 3.8) is 0 Å². The maximum absolute atomic E-state index is 4.79. The van der Waals surface area contributed by atoms with E-state index < -0.39 is 0 Å². The van der Waals surface area contributed by atoms with Crippen molar-refractivity contribution in [1.29, 1.82) is 0 Å². The fraction of sp³-hybridized carbons (Fsp3) is 0. The van der Waals surface area contributed by atoms with Crippen molar-refractivity contribution in [1.82, 2.24) is 5.43 Å². The first kappa shape index (κ1) is 17.5. The van der Waals surface area contributed by atoms with E-state index in [-0.39, 0.29) is 5.11 Å². The number of hydrazine groups is 1. The van der Waals surface area contributed by atoms with Gasteiger partial charge < -0.3 is 16.1 Å². The maximum Gasteiger partial charge on any atom is 0.177 e. The highest BCUT2D eigenvalue weighted by molar-refractivity contribution is 7.80. The lowest BCUT2D eigenvalue weighted by atomic mass is 10.2. The van der Waals surface area contributed by atoms with E-state index in [2.05, 4.69) is 95.8 Å². The molecule has 0 amide bonds. The molecule has 0 aliphatic heterocycles. The van der Waals surface area contributed by atoms with Crippen LogP contribution in [0, 0.1) is 0 Å². The zero-order valence-electron chi connectivity index (χ0n) is 13.2. The van der Waals surface area contributed by atoms with Crippen LogP contribution in [-0.2, 0) is 0 Å². The predicted molar refractivity (Wildman–Crippen MR) is 105 cm³/mol. The van der Waals surface area contributed by atoms with Crippen LogP contribution < -0.4 is 21.9 Å². The molecule has 0 radical (unpaired) electrons. The first-order valence-corrected chi connectivity index (χ1v) is 7.84. The summed E-state index contributed by atoms with van der Waals surface area (Å²) < 4.78 is 0. The van der Waals surface area contributed by atoms with E-state index in [0.29, 0.717) is 0 Å². The van der Waals surface area contributed by atoms with Crippen molar-refractivity contribution in [3.8, 4) is 0 Å². The van der Waals surface area contributed by atoms with Gasteiger partial charge in [0.2, 0.25) is 0 Å². The Morgan fingerprint density at radius 1 is 0.667 bits per heavy atom. The molecule has 0 atom stereocenters. The molecule has 3 rings (SSSR count). The third-order valence-corrected chi connectivity index (χ3v) is 3.30. The van der Waals surface area contributed by atoms with Crippen molar-refractivity contribution in [2.24, 2.45) is 11.6 Å². The van der Waals surface area contributed by atoms with Crippen molar-refractivity contribution in [3.05, 3.63) is 91.0 Å². The number of benzene rings is 3. The summed E-state index contributed by atoms with van der Waals surface area (Å²) in [7, 11) is 0. The number of thiocarbonyl (C=S) groups is 1. The molecule has 4 nitrogen and oxygen atoms in total. The van der Waals surface area contributed by atoms with Crippen LogP contribution in [0.3, 0.4) is 0 Å². The molecule has 24 heavy (non-hydrogen) atoms. The highest BCUT2D eigenvalue weighted by Gasteiger charge is 2.10. The molecule has 0 aliphatic rings. The van der Waals surface area contributed by atoms with Gasteiger partial charge in [-0.3, -0.25) is 0 Å². The number of hydrogen-bond donors (Lipinski definition) is 3. The van der Waals surface area contributed by atoms with E-state index in [0.717, 1.165) is 0 Å². The first-order chi connectivity index (χ1) is 11.7. The Morgan fingerprint density at radius 3 is 1.12 bits per heavy atom. The summed E-state index contributed by atoms with van der Waals surface area (Å²) in [5.41, 5.74) is 10.3. The standard InChI is InChI=1S/C18H15N.CH5N3S/c1-4-10-16(11-5-1)19(17-12-6-2-7-13-17)18-14-8-3-9-15-18;2-1(5)4-3/h1-15H;3H2,(H3,2,4,5). The zero-order valence-corrected chi connectivity index (χ0v) is 14.0. The summed E-state index contributed by atoms with van der Waals surface area (Å²) in [5, 5.41) is 0.116. The van der Waals surface area contributed by atoms with Gasteiger partial charge in [0.1, 0.15) is 0 Å². The number of hydrogen-bond acceptors (Lipinski definition) is 3. The molecule has 0 heterocycles. The number of nitrogens with two attached hydrogens (primary N) is 2. The number of nitrogens with zero attached hydrogens (tertiary/aromatic N) is 1. The summed E-state index contributed by atoms with van der Waals surface area (Å²) in [6, 6.07) is 31.3. The second-order valence-corrected chi connectivity index (χ2v) is 5.29. The topological polar surface area (TPSA) is 67.3 Å². The van der Waals surface area contributed by atoms with Crippen LogP contribution in [0.15, 0.2) is 91.0 Å². The first-order valence-electron chi connectivity index (χ1n) is 7.43. The van der Waals surface area contributed by atoms with Gasteiger partial charge in [0.15, 0.2) is 5.11 Å². The highest BCUT2D eigenvalue weighted by atomic mass is 32.1. The average molecular weight is 336 g/mol. The van der Waals surface area contributed by atoms with Gasteiger partial charge in [-0.1, -0.05) is 54.6 Å². The fourth-order valence-corrected chi connectivity index (χ4v) is 2.18. The number of nitrogens with one attached hydrogen (secondary N) is 1. The molecule has 0 aliphatic carbocycles. The van der Waals surface area contributed by atoms with Gasteiger partial charge >= 0.3 is 0 Å². The molecule has 0 spiro atoms. The molecule has 0 bridgehead atoms. The lowest BCUT2D eigenvalue weighted by Crippen LogP contribution is -2.34. The number of rotatable bonds is 3. The molecular formula is C19H20N4S. The minimum atomic E-state index is 0.116. The lowest BCUT2D eigenvalue weighted by molar-refractivity contribution is 1.03. The predicted octanol–water partition coefficient (Wildman–Crippen LogP) is 3.85. The molecule has 0 fully saturated rings. The zero-order chi connectivity index (χ0) is 17.2. The Balaban J connectivity index is 0.000000368. The van der Waals surface area contributed by atoms with Gasteiger partial charge in [0.25, 0.3) is 0 Å². The van der Waals surface area contributed by atoms with Gasteiger partial charge in [-0.15, -0.1) is 0 Å². The molecule has 0 aromatic heterocycles. The van der Waals surface area contributed by atoms with E-state index in [1.807, 2.05) is 23.6 Å². The minimum Gasteiger partial charge on any atom is -0.375 e. The second kappa shape index (κ2) is 9.29. The van der Waals surface area contributed by atoms with E-state index in [1.54, 1.807) is 0 Å². The largest absolute Gasteiger partial charge is 0.375 e.